The predicted octanol–water partition coefficient (Wildman–Crippen LogP) is 0.317. The number of methoxy groups -OCH3 is 1. The number of nitrogens with one attached hydrogen (secondary N) is 2. The van der Waals surface area contributed by atoms with E-state index in [9.17, 15) is 4.79 Å². The largest absolute Gasteiger partial charge is 0.469 e. The molecule has 0 aromatic carbocycles. The minimum absolute atomic E-state index is 0.210. The van der Waals surface area contributed by atoms with Crippen molar-refractivity contribution in [2.45, 2.75) is 26.8 Å². The quantitative estimate of drug-likeness (QED) is 0.398. The van der Waals surface area contributed by atoms with Crippen LogP contribution in [-0.4, -0.2) is 76.4 Å². The Morgan fingerprint density at radius 1 is 1.22 bits per heavy atom. The highest BCUT2D eigenvalue weighted by molar-refractivity contribution is 5.80. The van der Waals surface area contributed by atoms with Gasteiger partial charge in [-0.3, -0.25) is 14.7 Å². The summed E-state index contributed by atoms with van der Waals surface area (Å²) in [6, 6.07) is 0.426. The zero-order chi connectivity index (χ0) is 17.2. The van der Waals surface area contributed by atoms with Crippen LogP contribution < -0.4 is 10.6 Å². The van der Waals surface area contributed by atoms with Crippen LogP contribution in [0.1, 0.15) is 20.8 Å². The smallest absolute Gasteiger partial charge is 0.310 e. The van der Waals surface area contributed by atoms with Crippen LogP contribution in [0.3, 0.4) is 0 Å². The third-order valence-electron chi connectivity index (χ3n) is 4.17. The third kappa shape index (κ3) is 6.74. The van der Waals surface area contributed by atoms with Crippen molar-refractivity contribution in [1.82, 2.24) is 15.5 Å². The van der Waals surface area contributed by atoms with Crippen LogP contribution in [0.15, 0.2) is 4.99 Å². The van der Waals surface area contributed by atoms with Crippen molar-refractivity contribution in [3.8, 4) is 0 Å². The topological polar surface area (TPSA) is 75.2 Å². The first kappa shape index (κ1) is 19.7. The lowest BCUT2D eigenvalue weighted by Crippen LogP contribution is -2.53. The molecule has 7 nitrogen and oxygen atoms in total. The number of morpholine rings is 1. The lowest BCUT2D eigenvalue weighted by atomic mass is 10.0. The van der Waals surface area contributed by atoms with E-state index in [2.05, 4.69) is 34.4 Å². The van der Waals surface area contributed by atoms with Crippen molar-refractivity contribution in [1.29, 1.82) is 0 Å². The van der Waals surface area contributed by atoms with Gasteiger partial charge < -0.3 is 20.1 Å². The van der Waals surface area contributed by atoms with Crippen molar-refractivity contribution >= 4 is 11.9 Å². The maximum absolute atomic E-state index is 11.4. The molecular weight excluding hydrogens is 296 g/mol. The SMILES string of the molecule is CN=C(NCC(C)C(=O)OC)NCC(C(C)C)N1CCOCC1. The number of hydrogen-bond acceptors (Lipinski definition) is 5. The number of hydrogen-bond donors (Lipinski definition) is 2. The summed E-state index contributed by atoms with van der Waals surface area (Å²) in [4.78, 5) is 18.1. The van der Waals surface area contributed by atoms with Crippen molar-refractivity contribution in [2.75, 3.05) is 53.6 Å². The van der Waals surface area contributed by atoms with Crippen molar-refractivity contribution in [3.05, 3.63) is 0 Å². The van der Waals surface area contributed by atoms with Crippen LogP contribution in [0.25, 0.3) is 0 Å². The Labute approximate surface area is 139 Å². The highest BCUT2D eigenvalue weighted by atomic mass is 16.5. The van der Waals surface area contributed by atoms with Gasteiger partial charge in [0.05, 0.1) is 26.2 Å². The van der Waals surface area contributed by atoms with E-state index >= 15 is 0 Å². The summed E-state index contributed by atoms with van der Waals surface area (Å²) < 4.78 is 10.2. The summed E-state index contributed by atoms with van der Waals surface area (Å²) in [5, 5.41) is 6.54. The van der Waals surface area contributed by atoms with Gasteiger partial charge in [0.15, 0.2) is 5.96 Å². The molecule has 0 amide bonds. The van der Waals surface area contributed by atoms with E-state index < -0.39 is 0 Å². The van der Waals surface area contributed by atoms with Crippen LogP contribution in [0, 0.1) is 11.8 Å². The molecule has 1 saturated heterocycles. The van der Waals surface area contributed by atoms with E-state index in [-0.39, 0.29) is 11.9 Å². The minimum atomic E-state index is -0.221. The summed E-state index contributed by atoms with van der Waals surface area (Å²) in [5.74, 6) is 0.812. The van der Waals surface area contributed by atoms with Crippen molar-refractivity contribution in [3.63, 3.8) is 0 Å². The summed E-state index contributed by atoms with van der Waals surface area (Å²) in [7, 11) is 3.14. The van der Waals surface area contributed by atoms with Gasteiger partial charge in [0.1, 0.15) is 0 Å². The molecule has 1 aliphatic heterocycles. The van der Waals surface area contributed by atoms with Gasteiger partial charge in [0.25, 0.3) is 0 Å². The van der Waals surface area contributed by atoms with Gasteiger partial charge >= 0.3 is 5.97 Å². The Bertz CT molecular complexity index is 382. The van der Waals surface area contributed by atoms with Crippen LogP contribution in [-0.2, 0) is 14.3 Å². The highest BCUT2D eigenvalue weighted by Gasteiger charge is 2.24. The summed E-state index contributed by atoms with van der Waals surface area (Å²) in [6.45, 7) is 11.1. The molecule has 0 bridgehead atoms. The Hall–Kier alpha value is -1.34. The van der Waals surface area contributed by atoms with Gasteiger partial charge in [-0.15, -0.1) is 0 Å². The average Bonchev–Trinajstić information content (AvgIpc) is 2.57. The van der Waals surface area contributed by atoms with Gasteiger partial charge in [-0.05, 0) is 5.92 Å². The third-order valence-corrected chi connectivity index (χ3v) is 4.17. The molecule has 0 aromatic heterocycles. The van der Waals surface area contributed by atoms with Crippen molar-refractivity contribution < 1.29 is 14.3 Å². The summed E-state index contributed by atoms with van der Waals surface area (Å²) >= 11 is 0. The molecule has 2 unspecified atom stereocenters. The Balaban J connectivity index is 2.45. The van der Waals surface area contributed by atoms with Gasteiger partial charge in [-0.1, -0.05) is 20.8 Å². The first-order valence-electron chi connectivity index (χ1n) is 8.33. The van der Waals surface area contributed by atoms with Gasteiger partial charge in [0, 0.05) is 39.3 Å². The molecule has 2 atom stereocenters. The highest BCUT2D eigenvalue weighted by Crippen LogP contribution is 2.12. The number of rotatable bonds is 7. The number of nitrogens with zero attached hydrogens (tertiary/aromatic N) is 2. The average molecular weight is 328 g/mol. The second kappa shape index (κ2) is 10.4. The lowest BCUT2D eigenvalue weighted by molar-refractivity contribution is -0.144. The molecular formula is C16H32N4O3. The molecule has 1 fully saturated rings. The molecule has 7 heteroatoms. The predicted molar refractivity (Wildman–Crippen MR) is 91.6 cm³/mol. The van der Waals surface area contributed by atoms with E-state index in [0.717, 1.165) is 32.8 Å². The second-order valence-electron chi connectivity index (χ2n) is 6.22. The molecule has 1 rings (SSSR count). The standard InChI is InChI=1S/C16H32N4O3/c1-12(2)14(20-6-8-23-9-7-20)11-19-16(17-4)18-10-13(3)15(21)22-5/h12-14H,6-11H2,1-5H3,(H2,17,18,19). The molecule has 0 aromatic rings. The zero-order valence-electron chi connectivity index (χ0n) is 15.1. The number of carbonyl (C=O) groups excluding carboxylic acids is 1. The number of ether oxygens (including phenoxy) is 2. The maximum atomic E-state index is 11.4. The Kier molecular flexibility index (Phi) is 8.94. The second-order valence-corrected chi connectivity index (χ2v) is 6.22. The molecule has 0 radical (unpaired) electrons. The maximum Gasteiger partial charge on any atom is 0.310 e. The van der Waals surface area contributed by atoms with E-state index in [4.69, 9.17) is 9.47 Å². The summed E-state index contributed by atoms with van der Waals surface area (Å²) in [6.07, 6.45) is 0. The Morgan fingerprint density at radius 3 is 2.35 bits per heavy atom. The molecule has 134 valence electrons. The van der Waals surface area contributed by atoms with E-state index in [0.29, 0.717) is 24.5 Å². The number of carbonyl (C=O) groups is 1. The van der Waals surface area contributed by atoms with Crippen LogP contribution in [0.4, 0.5) is 0 Å². The number of aliphatic imine (C=N–C) groups is 1. The van der Waals surface area contributed by atoms with Gasteiger partial charge in [0.2, 0.25) is 0 Å². The fraction of sp³-hybridized carbons (Fsp3) is 0.875. The van der Waals surface area contributed by atoms with Gasteiger partial charge in [-0.25, -0.2) is 0 Å². The molecule has 1 aliphatic rings. The van der Waals surface area contributed by atoms with Crippen LogP contribution in [0.2, 0.25) is 0 Å². The first-order valence-corrected chi connectivity index (χ1v) is 8.33. The Morgan fingerprint density at radius 2 is 1.83 bits per heavy atom. The van der Waals surface area contributed by atoms with Crippen LogP contribution >= 0.6 is 0 Å². The lowest BCUT2D eigenvalue weighted by Gasteiger charge is -2.37. The molecule has 23 heavy (non-hydrogen) atoms. The van der Waals surface area contributed by atoms with Crippen LogP contribution in [0.5, 0.6) is 0 Å². The van der Waals surface area contributed by atoms with E-state index in [1.807, 2.05) is 6.92 Å². The number of esters is 1. The number of guanidine groups is 1. The fourth-order valence-electron chi connectivity index (χ4n) is 2.65. The van der Waals surface area contributed by atoms with Crippen molar-refractivity contribution in [2.24, 2.45) is 16.8 Å². The molecule has 0 saturated carbocycles. The minimum Gasteiger partial charge on any atom is -0.469 e. The molecule has 1 heterocycles. The molecule has 2 N–H and O–H groups in total. The van der Waals surface area contributed by atoms with Gasteiger partial charge in [-0.2, -0.15) is 0 Å². The first-order chi connectivity index (χ1) is 11.0. The normalized spacial score (nSPS) is 19.3. The monoisotopic (exact) mass is 328 g/mol. The molecule has 0 spiro atoms. The zero-order valence-corrected chi connectivity index (χ0v) is 15.1. The van der Waals surface area contributed by atoms with E-state index in [1.165, 1.54) is 7.11 Å². The molecule has 0 aliphatic carbocycles. The summed E-state index contributed by atoms with van der Waals surface area (Å²) in [5.41, 5.74) is 0. The fourth-order valence-corrected chi connectivity index (χ4v) is 2.65. The van der Waals surface area contributed by atoms with E-state index in [1.54, 1.807) is 7.05 Å².